The molecular weight excluding hydrogens is 495 g/mol. The van der Waals surface area contributed by atoms with Gasteiger partial charge < -0.3 is 9.72 Å². The molecule has 6 heterocycles. The van der Waals surface area contributed by atoms with E-state index in [0.717, 1.165) is 52.9 Å². The van der Waals surface area contributed by atoms with Gasteiger partial charge in [-0.15, -0.1) is 0 Å². The number of nitrogens with zero attached hydrogens (tertiary/aromatic N) is 6. The molecule has 7 rings (SSSR count). The van der Waals surface area contributed by atoms with Gasteiger partial charge in [-0.05, 0) is 61.8 Å². The molecule has 0 bridgehead atoms. The first kappa shape index (κ1) is 23.4. The smallest absolute Gasteiger partial charge is 0.178 e. The number of halogens is 1. The van der Waals surface area contributed by atoms with Crippen molar-refractivity contribution in [1.82, 2.24) is 40.0 Å². The molecule has 0 unspecified atom stereocenters. The molecule has 0 saturated carbocycles. The molecule has 0 amide bonds. The topological polar surface area (TPSA) is 108 Å². The Morgan fingerprint density at radius 2 is 1.90 bits per heavy atom. The lowest BCUT2D eigenvalue weighted by Gasteiger charge is -2.15. The van der Waals surface area contributed by atoms with Crippen molar-refractivity contribution in [2.75, 3.05) is 26.2 Å². The van der Waals surface area contributed by atoms with Gasteiger partial charge in [-0.2, -0.15) is 5.10 Å². The number of ether oxygens (including phenoxy) is 1. The molecule has 10 heteroatoms. The third-order valence-electron chi connectivity index (χ3n) is 7.08. The number of pyridine rings is 3. The molecule has 9 nitrogen and oxygen atoms in total. The largest absolute Gasteiger partial charge is 0.491 e. The number of imidazole rings is 1. The van der Waals surface area contributed by atoms with Gasteiger partial charge in [-0.1, -0.05) is 12.1 Å². The van der Waals surface area contributed by atoms with Crippen LogP contribution in [-0.2, 0) is 0 Å². The van der Waals surface area contributed by atoms with Gasteiger partial charge in [0.25, 0.3) is 0 Å². The van der Waals surface area contributed by atoms with Gasteiger partial charge in [0.2, 0.25) is 0 Å². The lowest BCUT2D eigenvalue weighted by atomic mass is 10.1. The molecule has 0 spiro atoms. The van der Waals surface area contributed by atoms with Gasteiger partial charge in [0.05, 0.1) is 29.1 Å². The van der Waals surface area contributed by atoms with Crippen LogP contribution in [0.15, 0.2) is 67.3 Å². The Labute approximate surface area is 223 Å². The Balaban J connectivity index is 1.20. The lowest BCUT2D eigenvalue weighted by molar-refractivity contribution is 0.237. The molecule has 1 fully saturated rings. The van der Waals surface area contributed by atoms with Crippen LogP contribution < -0.4 is 4.74 Å². The number of benzene rings is 1. The van der Waals surface area contributed by atoms with E-state index in [1.165, 1.54) is 25.0 Å². The van der Waals surface area contributed by atoms with E-state index in [2.05, 4.69) is 35.0 Å². The Bertz CT molecular complexity index is 1790. The molecule has 5 aromatic heterocycles. The summed E-state index contributed by atoms with van der Waals surface area (Å²) in [4.78, 5) is 23.9. The quantitative estimate of drug-likeness (QED) is 0.296. The minimum atomic E-state index is -0.300. The molecule has 6 aromatic rings. The fraction of sp³-hybridized carbons (Fsp3) is 0.207. The van der Waals surface area contributed by atoms with E-state index in [1.807, 2.05) is 24.3 Å². The minimum absolute atomic E-state index is 0.300. The summed E-state index contributed by atoms with van der Waals surface area (Å²) < 4.78 is 19.9. The summed E-state index contributed by atoms with van der Waals surface area (Å²) in [6.45, 7) is 3.83. The van der Waals surface area contributed by atoms with Crippen molar-refractivity contribution in [3.63, 3.8) is 0 Å². The summed E-state index contributed by atoms with van der Waals surface area (Å²) in [5.41, 5.74) is 5.81. The number of H-pyrrole nitrogens is 2. The number of fused-ring (bicyclic) bond motifs is 2. The van der Waals surface area contributed by atoms with Crippen LogP contribution in [0.1, 0.15) is 12.8 Å². The van der Waals surface area contributed by atoms with Crippen molar-refractivity contribution in [1.29, 1.82) is 0 Å². The van der Waals surface area contributed by atoms with Crippen LogP contribution in [-0.4, -0.2) is 66.3 Å². The van der Waals surface area contributed by atoms with Gasteiger partial charge in [0.1, 0.15) is 23.9 Å². The van der Waals surface area contributed by atoms with Gasteiger partial charge in [0.15, 0.2) is 11.5 Å². The van der Waals surface area contributed by atoms with Crippen LogP contribution in [0.25, 0.3) is 56.0 Å². The highest BCUT2D eigenvalue weighted by atomic mass is 19.1. The van der Waals surface area contributed by atoms with E-state index in [4.69, 9.17) is 9.72 Å². The number of hydrogen-bond donors (Lipinski definition) is 2. The van der Waals surface area contributed by atoms with Crippen LogP contribution >= 0.6 is 0 Å². The van der Waals surface area contributed by atoms with E-state index < -0.39 is 0 Å². The average Bonchev–Trinajstić information content (AvgIpc) is 3.72. The highest BCUT2D eigenvalue weighted by Crippen LogP contribution is 2.32. The molecule has 1 aliphatic heterocycles. The summed E-state index contributed by atoms with van der Waals surface area (Å²) in [5, 5.41) is 8.41. The molecular formula is C29H25FN8O. The number of aromatic nitrogens is 7. The second-order valence-electron chi connectivity index (χ2n) is 9.65. The van der Waals surface area contributed by atoms with Crippen LogP contribution in [0, 0.1) is 5.82 Å². The first-order valence-electron chi connectivity index (χ1n) is 13.0. The summed E-state index contributed by atoms with van der Waals surface area (Å²) in [6, 6.07) is 12.2. The first-order chi connectivity index (χ1) is 19.2. The van der Waals surface area contributed by atoms with E-state index in [-0.39, 0.29) is 5.82 Å². The van der Waals surface area contributed by atoms with Crippen molar-refractivity contribution in [2.45, 2.75) is 12.8 Å². The highest BCUT2D eigenvalue weighted by molar-refractivity contribution is 5.96. The maximum absolute atomic E-state index is 13.9. The van der Waals surface area contributed by atoms with Crippen LogP contribution in [0.5, 0.6) is 5.75 Å². The summed E-state index contributed by atoms with van der Waals surface area (Å²) in [7, 11) is 0. The average molecular weight is 521 g/mol. The van der Waals surface area contributed by atoms with Crippen molar-refractivity contribution in [3.05, 3.63) is 73.1 Å². The first-order valence-corrected chi connectivity index (χ1v) is 13.0. The van der Waals surface area contributed by atoms with E-state index >= 15 is 0 Å². The van der Waals surface area contributed by atoms with Gasteiger partial charge in [-0.25, -0.2) is 14.4 Å². The second-order valence-corrected chi connectivity index (χ2v) is 9.65. The zero-order chi connectivity index (χ0) is 26.2. The molecule has 1 aliphatic rings. The Kier molecular flexibility index (Phi) is 5.93. The van der Waals surface area contributed by atoms with Gasteiger partial charge >= 0.3 is 0 Å². The predicted octanol–water partition coefficient (Wildman–Crippen LogP) is 5.24. The maximum atomic E-state index is 13.9. The van der Waals surface area contributed by atoms with E-state index in [0.29, 0.717) is 35.0 Å². The molecule has 0 aliphatic carbocycles. The zero-order valence-corrected chi connectivity index (χ0v) is 21.1. The van der Waals surface area contributed by atoms with Gasteiger partial charge in [-0.3, -0.25) is 20.0 Å². The molecule has 0 atom stereocenters. The molecule has 1 saturated heterocycles. The number of nitrogens with one attached hydrogen (secondary N) is 2. The summed E-state index contributed by atoms with van der Waals surface area (Å²) in [5.74, 6) is 0.974. The van der Waals surface area contributed by atoms with Crippen LogP contribution in [0.2, 0.25) is 0 Å². The second kappa shape index (κ2) is 9.88. The molecule has 194 valence electrons. The molecule has 39 heavy (non-hydrogen) atoms. The number of likely N-dealkylation sites (tertiary alicyclic amines) is 1. The Hall–Kier alpha value is -4.70. The SMILES string of the molecule is Fc1cccc(-c2ccnc3nc(-c4n[nH]c5cnc(-c6cncc(OCCN7CCCC7)c6)cc45)[nH]c23)c1. The molecule has 1 aromatic carbocycles. The standard InChI is InChI=1S/C29H25FN8O/c30-20-5-3-4-18(12-20)22-6-7-32-28-26(22)34-29(35-28)27-23-14-24(33-17-25(23)36-37-27)19-13-21(16-31-15-19)39-11-10-38-8-1-2-9-38/h3-7,12-17H,1-2,8-11H2,(H,36,37)(H,32,34,35). The summed E-state index contributed by atoms with van der Waals surface area (Å²) in [6.07, 6.45) is 9.45. The summed E-state index contributed by atoms with van der Waals surface area (Å²) >= 11 is 0. The van der Waals surface area contributed by atoms with Crippen LogP contribution in [0.4, 0.5) is 4.39 Å². The normalized spacial score (nSPS) is 14.0. The van der Waals surface area contributed by atoms with Crippen molar-refractivity contribution in [3.8, 4) is 39.7 Å². The fourth-order valence-corrected chi connectivity index (χ4v) is 5.11. The van der Waals surface area contributed by atoms with Crippen LogP contribution in [0.3, 0.4) is 0 Å². The fourth-order valence-electron chi connectivity index (χ4n) is 5.11. The van der Waals surface area contributed by atoms with Gasteiger partial charge in [0, 0.05) is 35.5 Å². The van der Waals surface area contributed by atoms with E-state index in [1.54, 1.807) is 30.9 Å². The number of rotatable bonds is 7. The van der Waals surface area contributed by atoms with E-state index in [9.17, 15) is 4.39 Å². The van der Waals surface area contributed by atoms with Crippen molar-refractivity contribution < 1.29 is 9.13 Å². The molecule has 0 radical (unpaired) electrons. The Morgan fingerprint density at radius 1 is 0.974 bits per heavy atom. The third kappa shape index (κ3) is 4.59. The zero-order valence-electron chi connectivity index (χ0n) is 21.1. The predicted molar refractivity (Wildman–Crippen MR) is 147 cm³/mol. The van der Waals surface area contributed by atoms with Crippen molar-refractivity contribution in [2.24, 2.45) is 0 Å². The number of aromatic amines is 2. The monoisotopic (exact) mass is 520 g/mol. The third-order valence-corrected chi connectivity index (χ3v) is 7.08. The minimum Gasteiger partial charge on any atom is -0.491 e. The Morgan fingerprint density at radius 3 is 2.79 bits per heavy atom. The highest BCUT2D eigenvalue weighted by Gasteiger charge is 2.17. The number of hydrogen-bond acceptors (Lipinski definition) is 7. The maximum Gasteiger partial charge on any atom is 0.178 e. The lowest BCUT2D eigenvalue weighted by Crippen LogP contribution is -2.25. The molecule has 2 N–H and O–H groups in total. The van der Waals surface area contributed by atoms with Crippen molar-refractivity contribution >= 4 is 22.1 Å².